The summed E-state index contributed by atoms with van der Waals surface area (Å²) in [6.45, 7) is 5.94. The van der Waals surface area contributed by atoms with Gasteiger partial charge >= 0.3 is 5.69 Å². The van der Waals surface area contributed by atoms with Gasteiger partial charge in [-0.1, -0.05) is 39.0 Å². The van der Waals surface area contributed by atoms with Gasteiger partial charge in [0.2, 0.25) is 0 Å². The van der Waals surface area contributed by atoms with E-state index in [0.717, 1.165) is 16.3 Å². The highest BCUT2D eigenvalue weighted by Crippen LogP contribution is 2.41. The lowest BCUT2D eigenvalue weighted by atomic mass is 9.83. The zero-order chi connectivity index (χ0) is 21.6. The zero-order valence-electron chi connectivity index (χ0n) is 16.9. The molecule has 30 heavy (non-hydrogen) atoms. The average molecular weight is 402 g/mol. The van der Waals surface area contributed by atoms with Gasteiger partial charge in [0.15, 0.2) is 0 Å². The number of nitrogens with zero attached hydrogens (tertiary/aromatic N) is 1. The first kappa shape index (κ1) is 19.5. The van der Waals surface area contributed by atoms with Crippen molar-refractivity contribution in [3.8, 4) is 28.3 Å². The van der Waals surface area contributed by atoms with Crippen LogP contribution in [0.2, 0.25) is 0 Å². The van der Waals surface area contributed by atoms with Crippen LogP contribution in [0.15, 0.2) is 70.4 Å². The molecule has 0 atom stereocenters. The third-order valence-electron chi connectivity index (χ3n) is 5.14. The molecule has 0 radical (unpaired) electrons. The number of phenols is 2. The van der Waals surface area contributed by atoms with Gasteiger partial charge in [-0.2, -0.15) is 0 Å². The maximum atomic E-state index is 12.4. The number of hydrogen-bond donors (Lipinski definition) is 3. The molecule has 6 nitrogen and oxygen atoms in total. The summed E-state index contributed by atoms with van der Waals surface area (Å²) < 4.78 is 1.35. The Morgan fingerprint density at radius 2 is 1.57 bits per heavy atom. The van der Waals surface area contributed by atoms with Crippen LogP contribution in [0.1, 0.15) is 26.3 Å². The number of benzene rings is 3. The molecule has 3 N–H and O–H groups in total. The first-order valence-electron chi connectivity index (χ1n) is 9.56. The summed E-state index contributed by atoms with van der Waals surface area (Å²) in [5.41, 5.74) is 1.17. The monoisotopic (exact) mass is 402 g/mol. The zero-order valence-corrected chi connectivity index (χ0v) is 16.9. The Hall–Kier alpha value is -3.80. The van der Waals surface area contributed by atoms with Crippen LogP contribution in [-0.2, 0) is 5.41 Å². The quantitative estimate of drug-likeness (QED) is 0.471. The molecule has 0 saturated heterocycles. The molecule has 152 valence electrons. The highest BCUT2D eigenvalue weighted by Gasteiger charge is 2.23. The van der Waals surface area contributed by atoms with Crippen LogP contribution in [0.3, 0.4) is 0 Å². The molecule has 4 aromatic rings. The minimum absolute atomic E-state index is 0.141. The summed E-state index contributed by atoms with van der Waals surface area (Å²) in [5.74, 6) is 0.328. The summed E-state index contributed by atoms with van der Waals surface area (Å²) in [5, 5.41) is 22.6. The summed E-state index contributed by atoms with van der Waals surface area (Å²) >= 11 is 0. The second-order valence-corrected chi connectivity index (χ2v) is 8.37. The number of nitrogens with one attached hydrogen (secondary N) is 1. The van der Waals surface area contributed by atoms with Crippen molar-refractivity contribution in [3.63, 3.8) is 0 Å². The lowest BCUT2D eigenvalue weighted by Crippen LogP contribution is -2.27. The van der Waals surface area contributed by atoms with E-state index in [4.69, 9.17) is 0 Å². The van der Waals surface area contributed by atoms with Gasteiger partial charge in [0.25, 0.3) is 5.56 Å². The molecule has 3 aromatic carbocycles. The smallest absolute Gasteiger partial charge is 0.332 e. The van der Waals surface area contributed by atoms with Crippen LogP contribution in [0.25, 0.3) is 27.6 Å². The summed E-state index contributed by atoms with van der Waals surface area (Å²) in [6.07, 6.45) is 1.42. The summed E-state index contributed by atoms with van der Waals surface area (Å²) in [6, 6.07) is 15.5. The van der Waals surface area contributed by atoms with Gasteiger partial charge in [-0.15, -0.1) is 0 Å². The Morgan fingerprint density at radius 1 is 0.867 bits per heavy atom. The molecule has 0 saturated carbocycles. The molecule has 6 heteroatoms. The molecule has 4 rings (SSSR count). The normalized spacial score (nSPS) is 11.7. The number of H-pyrrole nitrogens is 1. The largest absolute Gasteiger partial charge is 0.508 e. The fourth-order valence-corrected chi connectivity index (χ4v) is 3.57. The van der Waals surface area contributed by atoms with E-state index in [2.05, 4.69) is 4.98 Å². The number of hydrogen-bond acceptors (Lipinski definition) is 4. The van der Waals surface area contributed by atoms with Crippen LogP contribution in [-0.4, -0.2) is 19.8 Å². The first-order valence-corrected chi connectivity index (χ1v) is 9.56. The Balaban J connectivity index is 2.00. The van der Waals surface area contributed by atoms with Gasteiger partial charge in [0.05, 0.1) is 5.69 Å². The molecule has 0 spiro atoms. The van der Waals surface area contributed by atoms with Crippen molar-refractivity contribution < 1.29 is 10.2 Å². The molecule has 0 aliphatic heterocycles. The predicted molar refractivity (Wildman–Crippen MR) is 118 cm³/mol. The van der Waals surface area contributed by atoms with Gasteiger partial charge in [-0.05, 0) is 52.1 Å². The molecule has 0 fully saturated rings. The molecule has 0 unspecified atom stereocenters. The Bertz CT molecular complexity index is 1390. The van der Waals surface area contributed by atoms with Crippen molar-refractivity contribution in [3.05, 3.63) is 87.2 Å². The highest BCUT2D eigenvalue weighted by molar-refractivity contribution is 5.89. The summed E-state index contributed by atoms with van der Waals surface area (Å²) in [4.78, 5) is 26.1. The number of phenolic OH excluding ortho intramolecular Hbond substituents is 2. The Labute approximate surface area is 172 Å². The number of rotatable bonds is 2. The molecule has 0 aliphatic rings. The molecule has 0 amide bonds. The summed E-state index contributed by atoms with van der Waals surface area (Å²) in [7, 11) is 0. The lowest BCUT2D eigenvalue weighted by molar-refractivity contribution is 0.448. The van der Waals surface area contributed by atoms with Crippen molar-refractivity contribution in [1.29, 1.82) is 0 Å². The van der Waals surface area contributed by atoms with Gasteiger partial charge in [-0.25, -0.2) is 4.79 Å². The lowest BCUT2D eigenvalue weighted by Gasteiger charge is -2.24. The fraction of sp³-hybridized carbons (Fsp3) is 0.167. The molecular formula is C24H22N2O4. The maximum absolute atomic E-state index is 12.4. The second-order valence-electron chi connectivity index (χ2n) is 8.37. The van der Waals surface area contributed by atoms with Crippen LogP contribution in [0, 0.1) is 0 Å². The average Bonchev–Trinajstić information content (AvgIpc) is 2.67. The van der Waals surface area contributed by atoms with E-state index >= 15 is 0 Å². The highest BCUT2D eigenvalue weighted by atomic mass is 16.3. The van der Waals surface area contributed by atoms with E-state index in [1.54, 1.807) is 24.3 Å². The minimum Gasteiger partial charge on any atom is -0.508 e. The molecule has 0 bridgehead atoms. The van der Waals surface area contributed by atoms with Crippen molar-refractivity contribution in [2.75, 3.05) is 0 Å². The predicted octanol–water partition coefficient (Wildman–Crippen LogP) is 4.05. The SMILES string of the molecule is CC(C)(C)c1cc(-n2ccc(=O)[nH]c2=O)cc(-c2ccc3cc(O)ccc3c2)c1O. The van der Waals surface area contributed by atoms with Crippen molar-refractivity contribution in [2.24, 2.45) is 0 Å². The van der Waals surface area contributed by atoms with Crippen LogP contribution in [0.4, 0.5) is 0 Å². The molecule has 0 aliphatic carbocycles. The fourth-order valence-electron chi connectivity index (χ4n) is 3.57. The van der Waals surface area contributed by atoms with E-state index in [9.17, 15) is 19.8 Å². The third kappa shape index (κ3) is 3.48. The number of aromatic amines is 1. The third-order valence-corrected chi connectivity index (χ3v) is 5.14. The standard InChI is InChI=1S/C24H22N2O4/c1-24(2,3)20-13-17(26-9-8-21(28)25-23(26)30)12-19(22(20)29)16-5-4-15-11-18(27)7-6-14(15)10-16/h4-13,27,29H,1-3H3,(H,25,28,30). The van der Waals surface area contributed by atoms with Crippen molar-refractivity contribution in [2.45, 2.75) is 26.2 Å². The topological polar surface area (TPSA) is 95.3 Å². The van der Waals surface area contributed by atoms with E-state index < -0.39 is 11.2 Å². The minimum atomic E-state index is -0.548. The number of fused-ring (bicyclic) bond motifs is 1. The second kappa shape index (κ2) is 6.91. The Kier molecular flexibility index (Phi) is 4.50. The van der Waals surface area contributed by atoms with E-state index in [-0.39, 0.29) is 16.9 Å². The van der Waals surface area contributed by atoms with Gasteiger partial charge < -0.3 is 10.2 Å². The van der Waals surface area contributed by atoms with Gasteiger partial charge in [-0.3, -0.25) is 14.3 Å². The van der Waals surface area contributed by atoms with Crippen LogP contribution >= 0.6 is 0 Å². The van der Waals surface area contributed by atoms with E-state index in [1.165, 1.54) is 16.8 Å². The van der Waals surface area contributed by atoms with Crippen LogP contribution in [0.5, 0.6) is 11.5 Å². The first-order chi connectivity index (χ1) is 14.1. The molecule has 1 heterocycles. The van der Waals surface area contributed by atoms with E-state index in [0.29, 0.717) is 16.8 Å². The molecule has 1 aromatic heterocycles. The van der Waals surface area contributed by atoms with E-state index in [1.807, 2.05) is 45.0 Å². The van der Waals surface area contributed by atoms with Crippen LogP contribution < -0.4 is 11.2 Å². The Morgan fingerprint density at radius 3 is 2.27 bits per heavy atom. The van der Waals surface area contributed by atoms with Crippen molar-refractivity contribution >= 4 is 10.8 Å². The molecular weight excluding hydrogens is 380 g/mol. The maximum Gasteiger partial charge on any atom is 0.332 e. The van der Waals surface area contributed by atoms with Crippen molar-refractivity contribution in [1.82, 2.24) is 9.55 Å². The van der Waals surface area contributed by atoms with Gasteiger partial charge in [0, 0.05) is 23.4 Å². The van der Waals surface area contributed by atoms with Gasteiger partial charge in [0.1, 0.15) is 11.5 Å². The number of aromatic nitrogens is 2. The number of aromatic hydroxyl groups is 2.